The summed E-state index contributed by atoms with van der Waals surface area (Å²) >= 11 is 0. The van der Waals surface area contributed by atoms with Crippen molar-refractivity contribution in [2.24, 2.45) is 0 Å². The Morgan fingerprint density at radius 3 is 2.21 bits per heavy atom. The molecule has 3 saturated heterocycles. The van der Waals surface area contributed by atoms with Gasteiger partial charge in [-0.05, 0) is 18.6 Å². The number of nitrogens with one attached hydrogen (secondary N) is 2. The van der Waals surface area contributed by atoms with Crippen molar-refractivity contribution < 1.29 is 59.5 Å². The number of carbonyl (C=O) groups excluding carboxylic acids is 1. The third kappa shape index (κ3) is 5.00. The summed E-state index contributed by atoms with van der Waals surface area (Å²) in [6.45, 7) is -1.13. The van der Waals surface area contributed by atoms with Gasteiger partial charge in [-0.2, -0.15) is 0 Å². The van der Waals surface area contributed by atoms with Crippen molar-refractivity contribution in [3.63, 3.8) is 0 Å². The Morgan fingerprint density at radius 1 is 0.868 bits per heavy atom. The Morgan fingerprint density at radius 2 is 1.53 bits per heavy atom. The zero-order valence-electron chi connectivity index (χ0n) is 20.2. The predicted molar refractivity (Wildman–Crippen MR) is 125 cm³/mol. The summed E-state index contributed by atoms with van der Waals surface area (Å²) in [5.74, 6) is 0.187. The molecule has 1 amide bonds. The molecule has 14 heteroatoms. The van der Waals surface area contributed by atoms with E-state index in [0.717, 1.165) is 0 Å². The topological polar surface area (TPSA) is 223 Å². The SMILES string of the molecule is O=C1CC[C@@H](c2[nH]c3ccccc3c2O[C@@H]2O[C@H](CO[C@@H]3O[C@H](CO)[C@@H](O)[C@H](O)[C@H]3O)[C@@H](O)[C@H](O)[C@H]2O)N1. The fourth-order valence-corrected chi connectivity index (χ4v) is 5.00. The number of aromatic nitrogens is 1. The second kappa shape index (κ2) is 11.0. The first-order valence-electron chi connectivity index (χ1n) is 12.4. The minimum Gasteiger partial charge on any atom is -0.459 e. The number of fused-ring (bicyclic) bond motifs is 1. The summed E-state index contributed by atoms with van der Waals surface area (Å²) < 4.78 is 22.6. The number of aliphatic hydroxyl groups is 7. The third-order valence-electron chi connectivity index (χ3n) is 7.21. The highest BCUT2D eigenvalue weighted by Gasteiger charge is 2.48. The molecule has 14 nitrogen and oxygen atoms in total. The summed E-state index contributed by atoms with van der Waals surface area (Å²) in [5.41, 5.74) is 1.27. The standard InChI is InChI=1S/C24H32N2O12/c27-7-12-16(29)18(31)20(33)23(36-12)35-8-13-17(30)19(32)21(34)24(37-13)38-22-9-3-1-2-4-10(9)26-15(22)11-5-6-14(28)25-11/h1-4,11-13,16-21,23-24,26-27,29-34H,5-8H2,(H,25,28)/t11-,12+,13+,16+,17+,18-,19-,20+,21+,23+,24-/m0/s1. The summed E-state index contributed by atoms with van der Waals surface area (Å²) in [5, 5.41) is 74.6. The molecule has 4 heterocycles. The lowest BCUT2D eigenvalue weighted by atomic mass is 9.98. The second-order valence-electron chi connectivity index (χ2n) is 9.74. The van der Waals surface area contributed by atoms with Crippen LogP contribution in [0.5, 0.6) is 5.75 Å². The van der Waals surface area contributed by atoms with Crippen LogP contribution in [-0.4, -0.2) is 121 Å². The minimum atomic E-state index is -1.70. The number of H-pyrrole nitrogens is 1. The molecule has 0 aliphatic carbocycles. The van der Waals surface area contributed by atoms with E-state index in [1.54, 1.807) is 12.1 Å². The fraction of sp³-hybridized carbons (Fsp3) is 0.625. The van der Waals surface area contributed by atoms with Crippen LogP contribution in [0.2, 0.25) is 0 Å². The first kappa shape index (κ1) is 27.2. The van der Waals surface area contributed by atoms with Gasteiger partial charge in [0.1, 0.15) is 48.8 Å². The first-order valence-corrected chi connectivity index (χ1v) is 12.4. The summed E-state index contributed by atoms with van der Waals surface area (Å²) in [4.78, 5) is 15.1. The third-order valence-corrected chi connectivity index (χ3v) is 7.21. The number of amides is 1. The summed E-state index contributed by atoms with van der Waals surface area (Å²) in [6.07, 6.45) is -14.5. The van der Waals surface area contributed by atoms with E-state index in [0.29, 0.717) is 35.2 Å². The monoisotopic (exact) mass is 540 g/mol. The van der Waals surface area contributed by atoms with Crippen LogP contribution < -0.4 is 10.1 Å². The van der Waals surface area contributed by atoms with Crippen LogP contribution in [-0.2, 0) is 19.0 Å². The van der Waals surface area contributed by atoms with E-state index in [4.69, 9.17) is 18.9 Å². The molecule has 3 fully saturated rings. The van der Waals surface area contributed by atoms with Gasteiger partial charge in [0, 0.05) is 17.3 Å². The molecule has 1 aromatic heterocycles. The van der Waals surface area contributed by atoms with E-state index >= 15 is 0 Å². The number of aliphatic hydroxyl groups excluding tert-OH is 7. The smallest absolute Gasteiger partial charge is 0.229 e. The number of ether oxygens (including phenoxy) is 4. The van der Waals surface area contributed by atoms with Gasteiger partial charge in [-0.25, -0.2) is 0 Å². The van der Waals surface area contributed by atoms with Gasteiger partial charge in [-0.3, -0.25) is 4.79 Å². The molecule has 0 spiro atoms. The van der Waals surface area contributed by atoms with E-state index in [1.165, 1.54) is 0 Å². The molecule has 11 atom stereocenters. The molecule has 3 aliphatic heterocycles. The highest BCUT2D eigenvalue weighted by atomic mass is 16.7. The van der Waals surface area contributed by atoms with E-state index in [1.807, 2.05) is 12.1 Å². The van der Waals surface area contributed by atoms with Gasteiger partial charge in [-0.1, -0.05) is 12.1 Å². The molecular weight excluding hydrogens is 508 g/mol. The van der Waals surface area contributed by atoms with Crippen LogP contribution in [0.4, 0.5) is 0 Å². The van der Waals surface area contributed by atoms with Crippen molar-refractivity contribution in [1.82, 2.24) is 10.3 Å². The van der Waals surface area contributed by atoms with Crippen LogP contribution >= 0.6 is 0 Å². The lowest BCUT2D eigenvalue weighted by Gasteiger charge is -2.42. The Labute approximate surface area is 216 Å². The van der Waals surface area contributed by atoms with Crippen molar-refractivity contribution in [1.29, 1.82) is 0 Å². The van der Waals surface area contributed by atoms with Gasteiger partial charge in [0.2, 0.25) is 12.2 Å². The Kier molecular flexibility index (Phi) is 7.89. The van der Waals surface area contributed by atoms with E-state index in [-0.39, 0.29) is 11.9 Å². The number of aromatic amines is 1. The van der Waals surface area contributed by atoms with Gasteiger partial charge < -0.3 is 65.0 Å². The molecule has 210 valence electrons. The normalized spacial score (nSPS) is 39.9. The molecule has 2 aromatic rings. The molecular formula is C24H32N2O12. The van der Waals surface area contributed by atoms with Crippen LogP contribution in [0.15, 0.2) is 24.3 Å². The van der Waals surface area contributed by atoms with Gasteiger partial charge in [0.05, 0.1) is 24.9 Å². The van der Waals surface area contributed by atoms with Gasteiger partial charge in [0.25, 0.3) is 0 Å². The maximum atomic E-state index is 11.8. The van der Waals surface area contributed by atoms with Crippen molar-refractivity contribution in [2.45, 2.75) is 80.3 Å². The molecule has 0 bridgehead atoms. The number of benzene rings is 1. The van der Waals surface area contributed by atoms with Crippen molar-refractivity contribution in [2.75, 3.05) is 13.2 Å². The summed E-state index contributed by atoms with van der Waals surface area (Å²) in [6, 6.07) is 6.83. The number of rotatable bonds is 7. The largest absolute Gasteiger partial charge is 0.459 e. The van der Waals surface area contributed by atoms with Crippen LogP contribution in [0.3, 0.4) is 0 Å². The predicted octanol–water partition coefficient (Wildman–Crippen LogP) is -2.88. The molecule has 3 aliphatic rings. The maximum absolute atomic E-state index is 11.8. The minimum absolute atomic E-state index is 0.113. The van der Waals surface area contributed by atoms with E-state index < -0.39 is 74.6 Å². The van der Waals surface area contributed by atoms with Crippen molar-refractivity contribution in [3.05, 3.63) is 30.0 Å². The Balaban J connectivity index is 1.33. The van der Waals surface area contributed by atoms with E-state index in [9.17, 15) is 40.5 Å². The van der Waals surface area contributed by atoms with Crippen molar-refractivity contribution >= 4 is 16.8 Å². The highest BCUT2D eigenvalue weighted by molar-refractivity contribution is 5.89. The number of hydrogen-bond donors (Lipinski definition) is 9. The van der Waals surface area contributed by atoms with Crippen LogP contribution in [0.25, 0.3) is 10.9 Å². The Bertz CT molecular complexity index is 1130. The Hall–Kier alpha value is -2.37. The van der Waals surface area contributed by atoms with Gasteiger partial charge in [-0.15, -0.1) is 0 Å². The lowest BCUT2D eigenvalue weighted by Crippen LogP contribution is -2.62. The number of para-hydroxylation sites is 1. The average Bonchev–Trinajstić information content (AvgIpc) is 3.51. The molecule has 1 aromatic carbocycles. The average molecular weight is 541 g/mol. The highest BCUT2D eigenvalue weighted by Crippen LogP contribution is 2.39. The van der Waals surface area contributed by atoms with Gasteiger partial charge in [0.15, 0.2) is 12.0 Å². The molecule has 5 rings (SSSR count). The van der Waals surface area contributed by atoms with E-state index in [2.05, 4.69) is 10.3 Å². The number of carbonyl (C=O) groups is 1. The maximum Gasteiger partial charge on any atom is 0.229 e. The molecule has 0 radical (unpaired) electrons. The first-order chi connectivity index (χ1) is 18.2. The van der Waals surface area contributed by atoms with Crippen LogP contribution in [0.1, 0.15) is 24.6 Å². The second-order valence-corrected chi connectivity index (χ2v) is 9.74. The molecule has 38 heavy (non-hydrogen) atoms. The number of hydrogen-bond acceptors (Lipinski definition) is 12. The zero-order valence-corrected chi connectivity index (χ0v) is 20.2. The molecule has 0 saturated carbocycles. The quantitative estimate of drug-likeness (QED) is 0.173. The molecule has 0 unspecified atom stereocenters. The summed E-state index contributed by atoms with van der Waals surface area (Å²) in [7, 11) is 0. The van der Waals surface area contributed by atoms with Crippen LogP contribution in [0, 0.1) is 0 Å². The zero-order chi connectivity index (χ0) is 27.1. The van der Waals surface area contributed by atoms with Gasteiger partial charge >= 0.3 is 0 Å². The molecule has 9 N–H and O–H groups in total. The fourth-order valence-electron chi connectivity index (χ4n) is 5.00. The van der Waals surface area contributed by atoms with Crippen molar-refractivity contribution in [3.8, 4) is 5.75 Å². The lowest BCUT2D eigenvalue weighted by molar-refractivity contribution is -0.323.